The molecule has 0 amide bonds. The van der Waals surface area contributed by atoms with Gasteiger partial charge < -0.3 is 5.32 Å². The molecule has 4 nitrogen and oxygen atoms in total. The van der Waals surface area contributed by atoms with Crippen LogP contribution < -0.4 is 5.32 Å². The zero-order chi connectivity index (χ0) is 14.8. The van der Waals surface area contributed by atoms with E-state index >= 15 is 0 Å². The second-order valence-corrected chi connectivity index (χ2v) is 7.95. The normalized spacial score (nSPS) is 35.3. The molecule has 3 fully saturated rings. The molecule has 3 heterocycles. The van der Waals surface area contributed by atoms with E-state index in [1.54, 1.807) is 4.31 Å². The third-order valence-electron chi connectivity index (χ3n) is 5.18. The Morgan fingerprint density at radius 1 is 1.05 bits per heavy atom. The Balaban J connectivity index is 1.74. The second-order valence-electron chi connectivity index (χ2n) is 6.11. The van der Waals surface area contributed by atoms with E-state index in [9.17, 15) is 17.2 Å². The maximum atomic E-state index is 13.4. The standard InChI is InChI=1S/C14H16F2N2O2S/c15-11-2-1-8(5-12(11)16)21(19,20)18-13-3-4-14(18)10-7-17-6-9(10)13/h1-2,5,9-10,13-14,17H,3-4,6-7H2/t9-,10+,13-,14+. The van der Waals surface area contributed by atoms with Crippen molar-refractivity contribution in [2.75, 3.05) is 13.1 Å². The molecule has 0 unspecified atom stereocenters. The number of rotatable bonds is 2. The van der Waals surface area contributed by atoms with E-state index in [0.29, 0.717) is 11.8 Å². The van der Waals surface area contributed by atoms with Crippen molar-refractivity contribution in [3.8, 4) is 0 Å². The summed E-state index contributed by atoms with van der Waals surface area (Å²) in [6, 6.07) is 2.81. The van der Waals surface area contributed by atoms with Gasteiger partial charge in [-0.2, -0.15) is 4.31 Å². The van der Waals surface area contributed by atoms with Gasteiger partial charge in [0.25, 0.3) is 0 Å². The van der Waals surface area contributed by atoms with Crippen molar-refractivity contribution in [3.05, 3.63) is 29.8 Å². The highest BCUT2D eigenvalue weighted by molar-refractivity contribution is 7.89. The van der Waals surface area contributed by atoms with Crippen molar-refractivity contribution in [3.63, 3.8) is 0 Å². The molecule has 0 aromatic heterocycles. The van der Waals surface area contributed by atoms with Crippen molar-refractivity contribution in [2.45, 2.75) is 29.8 Å². The third kappa shape index (κ3) is 1.80. The van der Waals surface area contributed by atoms with Gasteiger partial charge in [0.2, 0.25) is 10.0 Å². The molecule has 4 atom stereocenters. The Morgan fingerprint density at radius 3 is 2.24 bits per heavy atom. The molecule has 3 aliphatic rings. The fourth-order valence-corrected chi connectivity index (χ4v) is 6.30. The van der Waals surface area contributed by atoms with Crippen LogP contribution in [0.1, 0.15) is 12.8 Å². The van der Waals surface area contributed by atoms with Crippen molar-refractivity contribution in [1.29, 1.82) is 0 Å². The quantitative estimate of drug-likeness (QED) is 0.896. The summed E-state index contributed by atoms with van der Waals surface area (Å²) < 4.78 is 53.6. The molecule has 3 saturated heterocycles. The lowest BCUT2D eigenvalue weighted by molar-refractivity contribution is 0.354. The molecule has 0 aliphatic carbocycles. The fraction of sp³-hybridized carbons (Fsp3) is 0.571. The lowest BCUT2D eigenvalue weighted by atomic mass is 9.82. The highest BCUT2D eigenvalue weighted by Crippen LogP contribution is 2.49. The summed E-state index contributed by atoms with van der Waals surface area (Å²) in [6.45, 7) is 1.69. The molecular weight excluding hydrogens is 298 g/mol. The minimum absolute atomic E-state index is 0.00638. The molecule has 1 N–H and O–H groups in total. The average Bonchev–Trinajstić information content (AvgIpc) is 3.12. The van der Waals surface area contributed by atoms with E-state index < -0.39 is 21.7 Å². The maximum Gasteiger partial charge on any atom is 0.243 e. The summed E-state index contributed by atoms with van der Waals surface area (Å²) in [5.74, 6) is -1.45. The Bertz CT molecular complexity index is 676. The average molecular weight is 314 g/mol. The van der Waals surface area contributed by atoms with Gasteiger partial charge in [0.15, 0.2) is 11.6 Å². The Hall–Kier alpha value is -1.05. The summed E-state index contributed by atoms with van der Waals surface area (Å²) in [5.41, 5.74) is 0. The van der Waals surface area contributed by atoms with Crippen LogP contribution >= 0.6 is 0 Å². The van der Waals surface area contributed by atoms with Gasteiger partial charge in [-0.25, -0.2) is 17.2 Å². The molecule has 0 saturated carbocycles. The van der Waals surface area contributed by atoms with Crippen LogP contribution in [0.3, 0.4) is 0 Å². The van der Waals surface area contributed by atoms with E-state index in [1.807, 2.05) is 0 Å². The van der Waals surface area contributed by atoms with Gasteiger partial charge >= 0.3 is 0 Å². The number of nitrogens with one attached hydrogen (secondary N) is 1. The molecule has 4 rings (SSSR count). The van der Waals surface area contributed by atoms with E-state index in [0.717, 1.165) is 44.1 Å². The van der Waals surface area contributed by atoms with Crippen LogP contribution in [0.15, 0.2) is 23.1 Å². The lowest BCUT2D eigenvalue weighted by Gasteiger charge is -2.24. The second kappa shape index (κ2) is 4.47. The van der Waals surface area contributed by atoms with E-state index in [1.165, 1.54) is 0 Å². The number of hydrogen-bond acceptors (Lipinski definition) is 3. The number of benzene rings is 1. The van der Waals surface area contributed by atoms with Crippen LogP contribution in [-0.4, -0.2) is 37.9 Å². The van der Waals surface area contributed by atoms with Crippen molar-refractivity contribution in [2.24, 2.45) is 11.8 Å². The number of sulfonamides is 1. The molecule has 114 valence electrons. The summed E-state index contributed by atoms with van der Waals surface area (Å²) in [4.78, 5) is -0.147. The molecule has 21 heavy (non-hydrogen) atoms. The topological polar surface area (TPSA) is 49.4 Å². The van der Waals surface area contributed by atoms with Gasteiger partial charge in [0.05, 0.1) is 4.90 Å². The molecule has 2 bridgehead atoms. The minimum atomic E-state index is -3.76. The number of halogens is 2. The van der Waals surface area contributed by atoms with Gasteiger partial charge in [-0.3, -0.25) is 0 Å². The van der Waals surface area contributed by atoms with Gasteiger partial charge in [0.1, 0.15) is 0 Å². The summed E-state index contributed by atoms with van der Waals surface area (Å²) >= 11 is 0. The first-order chi connectivity index (χ1) is 10.00. The lowest BCUT2D eigenvalue weighted by Crippen LogP contribution is -2.39. The largest absolute Gasteiger partial charge is 0.316 e. The van der Waals surface area contributed by atoms with Gasteiger partial charge in [-0.05, 0) is 56.0 Å². The smallest absolute Gasteiger partial charge is 0.243 e. The summed E-state index contributed by atoms with van der Waals surface area (Å²) in [6.07, 6.45) is 1.72. The molecule has 7 heteroatoms. The highest BCUT2D eigenvalue weighted by Gasteiger charge is 2.58. The van der Waals surface area contributed by atoms with Gasteiger partial charge in [-0.1, -0.05) is 0 Å². The molecule has 0 spiro atoms. The predicted molar refractivity (Wildman–Crippen MR) is 72.0 cm³/mol. The van der Waals surface area contributed by atoms with Gasteiger partial charge in [0, 0.05) is 12.1 Å². The fourth-order valence-electron chi connectivity index (χ4n) is 4.33. The van der Waals surface area contributed by atoms with E-state index in [2.05, 4.69) is 5.32 Å². The zero-order valence-corrected chi connectivity index (χ0v) is 12.1. The van der Waals surface area contributed by atoms with Crippen LogP contribution in [-0.2, 0) is 10.0 Å². The van der Waals surface area contributed by atoms with Crippen LogP contribution in [0, 0.1) is 23.5 Å². The van der Waals surface area contributed by atoms with Crippen LogP contribution in [0.5, 0.6) is 0 Å². The highest BCUT2D eigenvalue weighted by atomic mass is 32.2. The Labute approximate surface area is 122 Å². The number of nitrogens with zero attached hydrogens (tertiary/aromatic N) is 1. The van der Waals surface area contributed by atoms with Crippen molar-refractivity contribution < 1.29 is 17.2 Å². The van der Waals surface area contributed by atoms with Crippen LogP contribution in [0.2, 0.25) is 0 Å². The van der Waals surface area contributed by atoms with E-state index in [4.69, 9.17) is 0 Å². The molecule has 0 radical (unpaired) electrons. The number of fused-ring (bicyclic) bond motifs is 5. The monoisotopic (exact) mass is 314 g/mol. The minimum Gasteiger partial charge on any atom is -0.316 e. The maximum absolute atomic E-state index is 13.4. The van der Waals surface area contributed by atoms with Crippen molar-refractivity contribution in [1.82, 2.24) is 9.62 Å². The first kappa shape index (κ1) is 13.6. The molecule has 1 aromatic rings. The number of hydrogen-bond donors (Lipinski definition) is 1. The molecular formula is C14H16F2N2O2S. The third-order valence-corrected chi connectivity index (χ3v) is 7.12. The van der Waals surface area contributed by atoms with Gasteiger partial charge in [-0.15, -0.1) is 0 Å². The van der Waals surface area contributed by atoms with Crippen molar-refractivity contribution >= 4 is 10.0 Å². The summed E-state index contributed by atoms with van der Waals surface area (Å²) in [7, 11) is -3.76. The zero-order valence-electron chi connectivity index (χ0n) is 11.3. The SMILES string of the molecule is O=S(=O)(c1ccc(F)c(F)c1)N1[C@@H]2CC[C@H]1[C@H]1CNC[C@H]12. The predicted octanol–water partition coefficient (Wildman–Crippen LogP) is 1.34. The molecule has 3 aliphatic heterocycles. The van der Waals surface area contributed by atoms with E-state index in [-0.39, 0.29) is 17.0 Å². The van der Waals surface area contributed by atoms with Crippen LogP contribution in [0.25, 0.3) is 0 Å². The first-order valence-corrected chi connectivity index (χ1v) is 8.63. The Morgan fingerprint density at radius 2 is 1.67 bits per heavy atom. The molecule has 1 aromatic carbocycles. The van der Waals surface area contributed by atoms with Crippen LogP contribution in [0.4, 0.5) is 8.78 Å². The Kier molecular flexibility index (Phi) is 2.90. The summed E-state index contributed by atoms with van der Waals surface area (Å²) in [5, 5.41) is 3.32. The first-order valence-electron chi connectivity index (χ1n) is 7.19.